The molecule has 0 heterocycles. The molecule has 21 heavy (non-hydrogen) atoms. The Labute approximate surface area is 124 Å². The lowest BCUT2D eigenvalue weighted by atomic mass is 10.2. The summed E-state index contributed by atoms with van der Waals surface area (Å²) in [6.45, 7) is 0.731. The molecule has 0 spiro atoms. The Bertz CT molecular complexity index is 505. The smallest absolute Gasteiger partial charge is 0.233 e. The molecule has 0 aliphatic carbocycles. The molecule has 0 bridgehead atoms. The summed E-state index contributed by atoms with van der Waals surface area (Å²) in [5.41, 5.74) is 6.77. The van der Waals surface area contributed by atoms with Gasteiger partial charge in [0.15, 0.2) is 0 Å². The summed E-state index contributed by atoms with van der Waals surface area (Å²) in [7, 11) is 4.89. The number of methoxy groups -OCH3 is 1. The van der Waals surface area contributed by atoms with Gasteiger partial charge in [-0.1, -0.05) is 0 Å². The number of hydrogen-bond acceptors (Lipinski definition) is 5. The highest BCUT2D eigenvalue weighted by Crippen LogP contribution is 2.26. The van der Waals surface area contributed by atoms with Crippen LogP contribution in [-0.4, -0.2) is 51.0 Å². The molecule has 0 saturated heterocycles. The highest BCUT2D eigenvalue weighted by molar-refractivity contribution is 5.93. The third kappa shape index (κ3) is 5.70. The maximum absolute atomic E-state index is 11.9. The van der Waals surface area contributed by atoms with Crippen LogP contribution in [0.5, 0.6) is 5.75 Å². The molecule has 1 rings (SSSR count). The molecule has 0 atom stereocenters. The van der Waals surface area contributed by atoms with E-state index in [1.54, 1.807) is 37.2 Å². The fourth-order valence-corrected chi connectivity index (χ4v) is 1.73. The van der Waals surface area contributed by atoms with Gasteiger partial charge in [0.2, 0.25) is 11.8 Å². The second-order valence-corrected chi connectivity index (χ2v) is 4.67. The minimum Gasteiger partial charge on any atom is -0.495 e. The molecule has 1 aromatic rings. The number of nitrogen functional groups attached to an aromatic ring is 1. The van der Waals surface area contributed by atoms with E-state index >= 15 is 0 Å². The van der Waals surface area contributed by atoms with Crippen LogP contribution in [0, 0.1) is 0 Å². The summed E-state index contributed by atoms with van der Waals surface area (Å²) < 4.78 is 5.16. The molecule has 7 nitrogen and oxygen atoms in total. The molecule has 0 fully saturated rings. The van der Waals surface area contributed by atoms with E-state index in [1.165, 1.54) is 7.11 Å². The first kappa shape index (κ1) is 16.8. The first-order chi connectivity index (χ1) is 9.96. The fourth-order valence-electron chi connectivity index (χ4n) is 1.73. The van der Waals surface area contributed by atoms with Crippen LogP contribution in [-0.2, 0) is 9.59 Å². The van der Waals surface area contributed by atoms with Gasteiger partial charge >= 0.3 is 0 Å². The molecule has 0 aliphatic heterocycles. The lowest BCUT2D eigenvalue weighted by Crippen LogP contribution is -2.34. The van der Waals surface area contributed by atoms with Gasteiger partial charge < -0.3 is 21.1 Å². The second kappa shape index (κ2) is 8.11. The van der Waals surface area contributed by atoms with Crippen molar-refractivity contribution in [2.45, 2.75) is 6.42 Å². The Morgan fingerprint density at radius 2 is 2.05 bits per heavy atom. The van der Waals surface area contributed by atoms with Crippen molar-refractivity contribution in [1.82, 2.24) is 10.2 Å². The zero-order valence-electron chi connectivity index (χ0n) is 12.6. The fraction of sp³-hybridized carbons (Fsp3) is 0.429. The molecule has 116 valence electrons. The zero-order chi connectivity index (χ0) is 15.8. The number of amides is 2. The van der Waals surface area contributed by atoms with E-state index in [-0.39, 0.29) is 24.8 Å². The molecule has 0 unspecified atom stereocenters. The van der Waals surface area contributed by atoms with Crippen molar-refractivity contribution in [2.75, 3.05) is 45.3 Å². The van der Waals surface area contributed by atoms with E-state index in [0.717, 1.165) is 0 Å². The van der Waals surface area contributed by atoms with Gasteiger partial charge in [0.25, 0.3) is 0 Å². The third-order valence-electron chi connectivity index (χ3n) is 2.91. The van der Waals surface area contributed by atoms with Gasteiger partial charge in [-0.3, -0.25) is 14.5 Å². The SMILES string of the molecule is CNC(=O)CN(C)CCC(=O)Nc1cc(N)ccc1OC. The minimum absolute atomic E-state index is 0.0876. The lowest BCUT2D eigenvalue weighted by Gasteiger charge is -2.16. The van der Waals surface area contributed by atoms with E-state index in [4.69, 9.17) is 10.5 Å². The molecule has 1 aromatic carbocycles. The van der Waals surface area contributed by atoms with Crippen molar-refractivity contribution < 1.29 is 14.3 Å². The quantitative estimate of drug-likeness (QED) is 0.628. The number of anilines is 2. The number of rotatable bonds is 7. The van der Waals surface area contributed by atoms with Crippen molar-refractivity contribution in [1.29, 1.82) is 0 Å². The van der Waals surface area contributed by atoms with Gasteiger partial charge in [-0.05, 0) is 25.2 Å². The molecule has 0 aromatic heterocycles. The summed E-state index contributed by atoms with van der Waals surface area (Å²) in [4.78, 5) is 24.9. The molecular formula is C14H22N4O3. The van der Waals surface area contributed by atoms with E-state index < -0.39 is 0 Å². The number of nitrogens with two attached hydrogens (primary N) is 1. The van der Waals surface area contributed by atoms with E-state index in [9.17, 15) is 9.59 Å². The number of carbonyl (C=O) groups is 2. The number of nitrogens with one attached hydrogen (secondary N) is 2. The standard InChI is InChI=1S/C14H22N4O3/c1-16-14(20)9-18(2)7-6-13(19)17-11-8-10(15)4-5-12(11)21-3/h4-5,8H,6-7,9,15H2,1-3H3,(H,16,20)(H,17,19). The largest absolute Gasteiger partial charge is 0.495 e. The topological polar surface area (TPSA) is 96.7 Å². The van der Waals surface area contributed by atoms with Gasteiger partial charge in [0.1, 0.15) is 5.75 Å². The lowest BCUT2D eigenvalue weighted by molar-refractivity contribution is -0.122. The van der Waals surface area contributed by atoms with E-state index in [0.29, 0.717) is 23.7 Å². The number of carbonyl (C=O) groups excluding carboxylic acids is 2. The number of nitrogens with zero attached hydrogens (tertiary/aromatic N) is 1. The highest BCUT2D eigenvalue weighted by atomic mass is 16.5. The van der Waals surface area contributed by atoms with Gasteiger partial charge in [-0.25, -0.2) is 0 Å². The van der Waals surface area contributed by atoms with Crippen LogP contribution < -0.4 is 21.1 Å². The summed E-state index contributed by atoms with van der Waals surface area (Å²) in [6, 6.07) is 5.04. The molecule has 7 heteroatoms. The maximum Gasteiger partial charge on any atom is 0.233 e. The van der Waals surface area contributed by atoms with Crippen molar-refractivity contribution in [3.05, 3.63) is 18.2 Å². The van der Waals surface area contributed by atoms with Crippen LogP contribution in [0.2, 0.25) is 0 Å². The Balaban J connectivity index is 2.50. The van der Waals surface area contributed by atoms with E-state index in [2.05, 4.69) is 10.6 Å². The predicted molar refractivity (Wildman–Crippen MR) is 82.2 cm³/mol. The number of benzene rings is 1. The van der Waals surface area contributed by atoms with Crippen molar-refractivity contribution >= 4 is 23.2 Å². The molecule has 0 aliphatic rings. The summed E-state index contributed by atoms with van der Waals surface area (Å²) >= 11 is 0. The Morgan fingerprint density at radius 1 is 1.33 bits per heavy atom. The third-order valence-corrected chi connectivity index (χ3v) is 2.91. The monoisotopic (exact) mass is 294 g/mol. The van der Waals surface area contributed by atoms with Crippen LogP contribution in [0.3, 0.4) is 0 Å². The Kier molecular flexibility index (Phi) is 6.48. The van der Waals surface area contributed by atoms with E-state index in [1.807, 2.05) is 0 Å². The average molecular weight is 294 g/mol. The normalized spacial score (nSPS) is 10.3. The predicted octanol–water partition coefficient (Wildman–Crippen LogP) is 0.284. The number of ether oxygens (including phenoxy) is 1. The molecular weight excluding hydrogens is 272 g/mol. The Hall–Kier alpha value is -2.28. The van der Waals surface area contributed by atoms with Gasteiger partial charge in [0.05, 0.1) is 19.3 Å². The number of hydrogen-bond donors (Lipinski definition) is 3. The van der Waals surface area contributed by atoms with Crippen LogP contribution in [0.1, 0.15) is 6.42 Å². The second-order valence-electron chi connectivity index (χ2n) is 4.67. The first-order valence-corrected chi connectivity index (χ1v) is 6.58. The Morgan fingerprint density at radius 3 is 2.67 bits per heavy atom. The van der Waals surface area contributed by atoms with Gasteiger partial charge in [-0.15, -0.1) is 0 Å². The molecule has 2 amide bonds. The summed E-state index contributed by atoms with van der Waals surface area (Å²) in [5.74, 6) is 0.300. The average Bonchev–Trinajstić information content (AvgIpc) is 2.45. The van der Waals surface area contributed by atoms with Crippen molar-refractivity contribution in [3.8, 4) is 5.75 Å². The van der Waals surface area contributed by atoms with Crippen LogP contribution in [0.15, 0.2) is 18.2 Å². The summed E-state index contributed by atoms with van der Waals surface area (Å²) in [5, 5.41) is 5.29. The van der Waals surface area contributed by atoms with Crippen LogP contribution in [0.4, 0.5) is 11.4 Å². The molecule has 0 radical (unpaired) electrons. The van der Waals surface area contributed by atoms with Crippen molar-refractivity contribution in [3.63, 3.8) is 0 Å². The highest BCUT2D eigenvalue weighted by Gasteiger charge is 2.10. The van der Waals surface area contributed by atoms with Gasteiger partial charge in [0, 0.05) is 25.7 Å². The first-order valence-electron chi connectivity index (χ1n) is 6.58. The minimum atomic E-state index is -0.164. The van der Waals surface area contributed by atoms with Crippen molar-refractivity contribution in [2.24, 2.45) is 0 Å². The summed E-state index contributed by atoms with van der Waals surface area (Å²) in [6.07, 6.45) is 0.269. The maximum atomic E-state index is 11.9. The van der Waals surface area contributed by atoms with Gasteiger partial charge in [-0.2, -0.15) is 0 Å². The zero-order valence-corrected chi connectivity index (χ0v) is 12.6. The molecule has 4 N–H and O–H groups in total. The number of likely N-dealkylation sites (N-methyl/N-ethyl adjacent to an activating group) is 2. The van der Waals surface area contributed by atoms with Crippen LogP contribution >= 0.6 is 0 Å². The molecule has 0 saturated carbocycles. The van der Waals surface area contributed by atoms with Crippen LogP contribution in [0.25, 0.3) is 0 Å².